The fourth-order valence-corrected chi connectivity index (χ4v) is 5.39. The van der Waals surface area contributed by atoms with Gasteiger partial charge in [0, 0.05) is 26.8 Å². The second-order valence-corrected chi connectivity index (χ2v) is 8.60. The molecule has 0 atom stereocenters. The molecule has 2 rings (SSSR count). The summed E-state index contributed by atoms with van der Waals surface area (Å²) in [5, 5.41) is 5.16. The molecule has 0 fully saturated rings. The summed E-state index contributed by atoms with van der Waals surface area (Å²) in [6.07, 6.45) is 3.02. The Labute approximate surface area is 122 Å². The van der Waals surface area contributed by atoms with E-state index in [0.29, 0.717) is 0 Å². The van der Waals surface area contributed by atoms with Crippen LogP contribution in [0, 0.1) is 0 Å². The highest BCUT2D eigenvalue weighted by Gasteiger charge is 2.23. The highest BCUT2D eigenvalue weighted by atomic mass is 32.3. The molecule has 0 radical (unpaired) electrons. The van der Waals surface area contributed by atoms with Crippen LogP contribution in [0.2, 0.25) is 0 Å². The normalized spacial score (nSPS) is 16.5. The number of nitrogens with two attached hydrogens (primary N) is 1. The van der Waals surface area contributed by atoms with Crippen LogP contribution < -0.4 is 5.14 Å². The molecule has 0 saturated carbocycles. The standard InChI is InChI=1S/C11H18N2O3S3/c1-16-7-3-2-5-13-6-4-9-8-10(19(12,14)15)17-11(9)18-13/h8H,2-7H2,1H3,(H2,12,14,15). The maximum Gasteiger partial charge on any atom is 0.247 e. The Hall–Kier alpha value is -0.120. The van der Waals surface area contributed by atoms with Gasteiger partial charge in [0.1, 0.15) is 4.21 Å². The van der Waals surface area contributed by atoms with Crippen molar-refractivity contribution in [3.8, 4) is 0 Å². The summed E-state index contributed by atoms with van der Waals surface area (Å²) in [6.45, 7) is 2.74. The van der Waals surface area contributed by atoms with Crippen molar-refractivity contribution in [1.82, 2.24) is 4.31 Å². The van der Waals surface area contributed by atoms with Crippen molar-refractivity contribution < 1.29 is 13.2 Å². The highest BCUT2D eigenvalue weighted by Crippen LogP contribution is 2.39. The van der Waals surface area contributed by atoms with E-state index in [9.17, 15) is 8.42 Å². The second-order valence-electron chi connectivity index (χ2n) is 4.39. The van der Waals surface area contributed by atoms with Gasteiger partial charge in [0.15, 0.2) is 0 Å². The summed E-state index contributed by atoms with van der Waals surface area (Å²) in [5.74, 6) is 0. The van der Waals surface area contributed by atoms with Gasteiger partial charge in [-0.05, 0) is 42.8 Å². The summed E-state index contributed by atoms with van der Waals surface area (Å²) in [5.41, 5.74) is 1.10. The first-order valence-corrected chi connectivity index (χ1v) is 9.21. The number of hydrogen-bond acceptors (Lipinski definition) is 6. The first kappa shape index (κ1) is 15.3. The summed E-state index contributed by atoms with van der Waals surface area (Å²) < 4.78 is 31.3. The van der Waals surface area contributed by atoms with Crippen molar-refractivity contribution in [1.29, 1.82) is 0 Å². The summed E-state index contributed by atoms with van der Waals surface area (Å²) >= 11 is 2.92. The predicted octanol–water partition coefficient (Wildman–Crippen LogP) is 1.69. The van der Waals surface area contributed by atoms with Crippen LogP contribution in [0.25, 0.3) is 0 Å². The monoisotopic (exact) mass is 322 g/mol. The van der Waals surface area contributed by atoms with E-state index in [1.165, 1.54) is 11.3 Å². The lowest BCUT2D eigenvalue weighted by Crippen LogP contribution is -2.23. The molecule has 19 heavy (non-hydrogen) atoms. The average molecular weight is 322 g/mol. The molecule has 0 unspecified atom stereocenters. The summed E-state index contributed by atoms with van der Waals surface area (Å²) in [4.78, 5) is 0. The third kappa shape index (κ3) is 4.17. The smallest absolute Gasteiger partial charge is 0.247 e. The molecule has 1 aromatic rings. The van der Waals surface area contributed by atoms with Crippen molar-refractivity contribution in [3.63, 3.8) is 0 Å². The van der Waals surface area contributed by atoms with E-state index in [2.05, 4.69) is 4.31 Å². The first-order valence-electron chi connectivity index (χ1n) is 6.08. The third-order valence-corrected chi connectivity index (χ3v) is 6.79. The van der Waals surface area contributed by atoms with Gasteiger partial charge in [0.05, 0.1) is 4.21 Å². The lowest BCUT2D eigenvalue weighted by Gasteiger charge is -2.24. The maximum absolute atomic E-state index is 11.3. The quantitative estimate of drug-likeness (QED) is 0.637. The lowest BCUT2D eigenvalue weighted by molar-refractivity contribution is 0.190. The van der Waals surface area contributed by atoms with E-state index >= 15 is 0 Å². The van der Waals surface area contributed by atoms with E-state index in [-0.39, 0.29) is 4.21 Å². The van der Waals surface area contributed by atoms with E-state index in [0.717, 1.165) is 48.7 Å². The zero-order valence-corrected chi connectivity index (χ0v) is 13.2. The number of primary sulfonamides is 1. The maximum atomic E-state index is 11.3. The Kier molecular flexibility index (Phi) is 5.27. The van der Waals surface area contributed by atoms with Gasteiger partial charge >= 0.3 is 0 Å². The van der Waals surface area contributed by atoms with E-state index in [1.54, 1.807) is 25.1 Å². The van der Waals surface area contributed by atoms with Crippen LogP contribution in [0.5, 0.6) is 0 Å². The number of thiophene rings is 1. The molecule has 0 bridgehead atoms. The zero-order valence-electron chi connectivity index (χ0n) is 10.8. The second kappa shape index (κ2) is 6.55. The molecule has 108 valence electrons. The molecule has 2 N–H and O–H groups in total. The highest BCUT2D eigenvalue weighted by molar-refractivity contribution is 7.99. The van der Waals surface area contributed by atoms with E-state index < -0.39 is 10.0 Å². The molecule has 1 aliphatic heterocycles. The van der Waals surface area contributed by atoms with Crippen molar-refractivity contribution in [2.45, 2.75) is 27.7 Å². The number of hydrogen-bond donors (Lipinski definition) is 1. The number of unbranched alkanes of at least 4 members (excludes halogenated alkanes) is 1. The Morgan fingerprint density at radius 1 is 1.47 bits per heavy atom. The molecule has 0 amide bonds. The number of methoxy groups -OCH3 is 1. The summed E-state index contributed by atoms with van der Waals surface area (Å²) in [6, 6.07) is 1.71. The van der Waals surface area contributed by atoms with Gasteiger partial charge in [-0.1, -0.05) is 0 Å². The fraction of sp³-hybridized carbons (Fsp3) is 0.636. The van der Waals surface area contributed by atoms with Gasteiger partial charge in [0.2, 0.25) is 10.0 Å². The van der Waals surface area contributed by atoms with Crippen molar-refractivity contribution in [2.75, 3.05) is 26.8 Å². The van der Waals surface area contributed by atoms with Crippen LogP contribution in [0.4, 0.5) is 0 Å². The van der Waals surface area contributed by atoms with Gasteiger partial charge in [-0.15, -0.1) is 11.3 Å². The van der Waals surface area contributed by atoms with Crippen molar-refractivity contribution in [2.24, 2.45) is 5.14 Å². The number of fused-ring (bicyclic) bond motifs is 1. The largest absolute Gasteiger partial charge is 0.385 e. The third-order valence-electron chi connectivity index (χ3n) is 2.88. The van der Waals surface area contributed by atoms with Crippen LogP contribution in [-0.4, -0.2) is 39.5 Å². The lowest BCUT2D eigenvalue weighted by atomic mass is 10.2. The molecule has 8 heteroatoms. The average Bonchev–Trinajstić information content (AvgIpc) is 2.77. The number of nitrogens with zero attached hydrogens (tertiary/aromatic N) is 1. The Morgan fingerprint density at radius 2 is 2.26 bits per heavy atom. The van der Waals surface area contributed by atoms with Gasteiger partial charge in [-0.25, -0.2) is 17.9 Å². The molecular formula is C11H18N2O3S3. The van der Waals surface area contributed by atoms with Crippen LogP contribution in [-0.2, 0) is 21.2 Å². The van der Waals surface area contributed by atoms with E-state index in [1.807, 2.05) is 0 Å². The van der Waals surface area contributed by atoms with Gasteiger partial charge in [-0.3, -0.25) is 0 Å². The molecule has 0 aromatic carbocycles. The predicted molar refractivity (Wildman–Crippen MR) is 77.9 cm³/mol. The number of rotatable bonds is 6. The molecule has 0 saturated heterocycles. The molecule has 2 heterocycles. The molecule has 1 aromatic heterocycles. The number of ether oxygens (including phenoxy) is 1. The SMILES string of the molecule is COCCCCN1CCc2cc(S(N)(=O)=O)sc2S1. The minimum Gasteiger partial charge on any atom is -0.385 e. The first-order chi connectivity index (χ1) is 9.00. The van der Waals surface area contributed by atoms with Crippen LogP contribution >= 0.6 is 23.3 Å². The topological polar surface area (TPSA) is 72.6 Å². The van der Waals surface area contributed by atoms with Crippen LogP contribution in [0.1, 0.15) is 18.4 Å². The van der Waals surface area contributed by atoms with Crippen LogP contribution in [0.3, 0.4) is 0 Å². The molecule has 0 aliphatic carbocycles. The van der Waals surface area contributed by atoms with Gasteiger partial charge in [0.25, 0.3) is 0 Å². The molecule has 0 spiro atoms. The number of sulfonamides is 1. The fourth-order valence-electron chi connectivity index (χ4n) is 1.88. The molecular weight excluding hydrogens is 304 g/mol. The van der Waals surface area contributed by atoms with Crippen molar-refractivity contribution >= 4 is 33.3 Å². The Balaban J connectivity index is 1.94. The molecule has 1 aliphatic rings. The Bertz CT molecular complexity index is 527. The van der Waals surface area contributed by atoms with Gasteiger partial charge < -0.3 is 4.74 Å². The van der Waals surface area contributed by atoms with Gasteiger partial charge in [-0.2, -0.15) is 0 Å². The zero-order chi connectivity index (χ0) is 13.9. The minimum atomic E-state index is -3.57. The minimum absolute atomic E-state index is 0.270. The van der Waals surface area contributed by atoms with Crippen molar-refractivity contribution in [3.05, 3.63) is 11.6 Å². The summed E-state index contributed by atoms with van der Waals surface area (Å²) in [7, 11) is -1.86. The van der Waals surface area contributed by atoms with Crippen LogP contribution in [0.15, 0.2) is 14.5 Å². The van der Waals surface area contributed by atoms with E-state index in [4.69, 9.17) is 9.88 Å². The molecule has 5 nitrogen and oxygen atoms in total. The Morgan fingerprint density at radius 3 is 2.95 bits per heavy atom.